The van der Waals surface area contributed by atoms with Crippen LogP contribution in [0.5, 0.6) is 0 Å². The fraction of sp³-hybridized carbons (Fsp3) is 0.750. The largest absolute Gasteiger partial charge is 0.445 e. The Kier molecular flexibility index (Phi) is 3.89. The van der Waals surface area contributed by atoms with Crippen molar-refractivity contribution in [2.45, 2.75) is 50.1 Å². The van der Waals surface area contributed by atoms with E-state index in [0.29, 0.717) is 12.8 Å². The van der Waals surface area contributed by atoms with Gasteiger partial charge in [0.25, 0.3) is 5.79 Å². The van der Waals surface area contributed by atoms with E-state index in [0.717, 1.165) is 25.3 Å². The molecule has 0 radical (unpaired) electrons. The van der Waals surface area contributed by atoms with Gasteiger partial charge in [-0.2, -0.15) is 0 Å². The normalized spacial score (nSPS) is 27.9. The van der Waals surface area contributed by atoms with Crippen LogP contribution >= 0.6 is 0 Å². The van der Waals surface area contributed by atoms with E-state index < -0.39 is 30.6 Å². The number of aliphatic hydroxyl groups is 3. The summed E-state index contributed by atoms with van der Waals surface area (Å²) in [5, 5.41) is 27.4. The Hall–Kier alpha value is -1.11. The molecular formula is C12H18O6. The lowest BCUT2D eigenvalue weighted by Gasteiger charge is -2.29. The molecule has 2 aliphatic rings. The van der Waals surface area contributed by atoms with Crippen LogP contribution in [0, 0.1) is 0 Å². The third kappa shape index (κ3) is 2.66. The highest BCUT2D eigenvalue weighted by atomic mass is 16.8. The van der Waals surface area contributed by atoms with E-state index in [2.05, 4.69) is 0 Å². The Bertz CT molecular complexity index is 344. The molecule has 2 fully saturated rings. The van der Waals surface area contributed by atoms with Gasteiger partial charge in [0.2, 0.25) is 5.76 Å². The Labute approximate surface area is 105 Å². The van der Waals surface area contributed by atoms with Crippen molar-refractivity contribution in [2.24, 2.45) is 0 Å². The van der Waals surface area contributed by atoms with Crippen LogP contribution in [0.3, 0.4) is 0 Å². The molecule has 1 heterocycles. The maximum atomic E-state index is 11.6. The minimum atomic E-state index is -1.35. The molecule has 3 N–H and O–H groups in total. The Morgan fingerprint density at radius 3 is 2.50 bits per heavy atom. The van der Waals surface area contributed by atoms with Crippen LogP contribution in [-0.4, -0.2) is 45.9 Å². The molecule has 0 aromatic heterocycles. The van der Waals surface area contributed by atoms with Gasteiger partial charge in [-0.25, -0.2) is 4.79 Å². The first-order chi connectivity index (χ1) is 8.56. The fourth-order valence-corrected chi connectivity index (χ4v) is 2.25. The maximum absolute atomic E-state index is 11.6. The molecule has 0 amide bonds. The quantitative estimate of drug-likeness (QED) is 0.480. The molecule has 0 aromatic carbocycles. The molecule has 2 atom stereocenters. The maximum Gasteiger partial charge on any atom is 0.376 e. The summed E-state index contributed by atoms with van der Waals surface area (Å²) in [7, 11) is 0. The zero-order valence-corrected chi connectivity index (χ0v) is 10.0. The number of rotatable bonds is 3. The number of hydrogen-bond acceptors (Lipinski definition) is 6. The van der Waals surface area contributed by atoms with Crippen LogP contribution in [0.15, 0.2) is 11.8 Å². The predicted molar refractivity (Wildman–Crippen MR) is 60.2 cm³/mol. The summed E-state index contributed by atoms with van der Waals surface area (Å²) in [6, 6.07) is 0. The van der Waals surface area contributed by atoms with Crippen molar-refractivity contribution in [2.75, 3.05) is 6.61 Å². The average Bonchev–Trinajstić information content (AvgIpc) is 2.65. The third-order valence-corrected chi connectivity index (χ3v) is 3.29. The lowest BCUT2D eigenvalue weighted by atomic mass is 9.94. The van der Waals surface area contributed by atoms with Gasteiger partial charge in [-0.1, -0.05) is 6.42 Å². The zero-order valence-electron chi connectivity index (χ0n) is 10.0. The summed E-state index contributed by atoms with van der Waals surface area (Å²) in [5.74, 6) is -1.59. The first-order valence-corrected chi connectivity index (χ1v) is 6.17. The van der Waals surface area contributed by atoms with Crippen LogP contribution in [-0.2, 0) is 14.3 Å². The van der Waals surface area contributed by atoms with Gasteiger partial charge in [0.05, 0.1) is 6.61 Å². The van der Waals surface area contributed by atoms with Crippen molar-refractivity contribution in [3.63, 3.8) is 0 Å². The molecule has 1 saturated carbocycles. The van der Waals surface area contributed by atoms with Gasteiger partial charge in [0, 0.05) is 12.8 Å². The molecule has 1 saturated heterocycles. The number of carbonyl (C=O) groups is 1. The molecule has 6 heteroatoms. The molecule has 1 aliphatic heterocycles. The molecule has 1 aliphatic carbocycles. The lowest BCUT2D eigenvalue weighted by molar-refractivity contribution is -0.182. The molecule has 2 rings (SSSR count). The van der Waals surface area contributed by atoms with E-state index in [4.69, 9.17) is 14.6 Å². The lowest BCUT2D eigenvalue weighted by Crippen LogP contribution is -2.32. The molecule has 0 aromatic rings. The summed E-state index contributed by atoms with van der Waals surface area (Å²) in [5.41, 5.74) is 0. The molecule has 0 unspecified atom stereocenters. The Balaban J connectivity index is 2.06. The molecule has 1 spiro atoms. The Morgan fingerprint density at radius 1 is 1.22 bits per heavy atom. The summed E-state index contributed by atoms with van der Waals surface area (Å²) >= 11 is 0. The summed E-state index contributed by atoms with van der Waals surface area (Å²) in [6.45, 7) is -0.592. The number of carbonyl (C=O) groups excluding carboxylic acids is 1. The van der Waals surface area contributed by atoms with E-state index in [1.54, 1.807) is 0 Å². The highest BCUT2D eigenvalue weighted by Gasteiger charge is 2.46. The van der Waals surface area contributed by atoms with Crippen molar-refractivity contribution in [3.8, 4) is 0 Å². The zero-order chi connectivity index (χ0) is 13.2. The van der Waals surface area contributed by atoms with Gasteiger partial charge < -0.3 is 24.8 Å². The van der Waals surface area contributed by atoms with Crippen molar-refractivity contribution >= 4 is 5.97 Å². The summed E-state index contributed by atoms with van der Waals surface area (Å²) in [6.07, 6.45) is 2.65. The first kappa shape index (κ1) is 13.3. The van der Waals surface area contributed by atoms with Crippen LogP contribution in [0.4, 0.5) is 0 Å². The highest BCUT2D eigenvalue weighted by molar-refractivity contribution is 5.88. The average molecular weight is 258 g/mol. The van der Waals surface area contributed by atoms with Gasteiger partial charge in [-0.05, 0) is 18.9 Å². The van der Waals surface area contributed by atoms with Crippen molar-refractivity contribution in [3.05, 3.63) is 11.8 Å². The van der Waals surface area contributed by atoms with Crippen molar-refractivity contribution in [1.82, 2.24) is 0 Å². The van der Waals surface area contributed by atoms with Crippen LogP contribution in [0.25, 0.3) is 0 Å². The first-order valence-electron chi connectivity index (χ1n) is 6.17. The van der Waals surface area contributed by atoms with Crippen LogP contribution in [0.1, 0.15) is 32.1 Å². The smallest absolute Gasteiger partial charge is 0.376 e. The van der Waals surface area contributed by atoms with Gasteiger partial charge in [0.15, 0.2) is 0 Å². The second-order valence-electron chi connectivity index (χ2n) is 4.73. The number of esters is 1. The van der Waals surface area contributed by atoms with Gasteiger partial charge in [-0.3, -0.25) is 0 Å². The SMILES string of the molecule is O=C1OC2(CCCCC2)O/C1=C/[C@H](O)[C@H](O)CO. The van der Waals surface area contributed by atoms with Crippen molar-refractivity contribution < 1.29 is 29.6 Å². The van der Waals surface area contributed by atoms with Gasteiger partial charge >= 0.3 is 5.97 Å². The van der Waals surface area contributed by atoms with E-state index in [1.807, 2.05) is 0 Å². The topological polar surface area (TPSA) is 96.2 Å². The number of aliphatic hydroxyl groups excluding tert-OH is 3. The van der Waals surface area contributed by atoms with Crippen molar-refractivity contribution in [1.29, 1.82) is 0 Å². The molecule has 18 heavy (non-hydrogen) atoms. The number of hydrogen-bond donors (Lipinski definition) is 3. The molecular weight excluding hydrogens is 240 g/mol. The van der Waals surface area contributed by atoms with E-state index >= 15 is 0 Å². The molecule has 6 nitrogen and oxygen atoms in total. The minimum Gasteiger partial charge on any atom is -0.445 e. The van der Waals surface area contributed by atoms with Gasteiger partial charge in [-0.15, -0.1) is 0 Å². The van der Waals surface area contributed by atoms with E-state index in [9.17, 15) is 15.0 Å². The third-order valence-electron chi connectivity index (χ3n) is 3.29. The second kappa shape index (κ2) is 5.26. The summed E-state index contributed by atoms with van der Waals surface area (Å²) < 4.78 is 10.7. The van der Waals surface area contributed by atoms with Crippen LogP contribution in [0.2, 0.25) is 0 Å². The van der Waals surface area contributed by atoms with E-state index in [-0.39, 0.29) is 5.76 Å². The minimum absolute atomic E-state index is 0.0862. The monoisotopic (exact) mass is 258 g/mol. The predicted octanol–water partition coefficient (Wildman–Crippen LogP) is -0.182. The highest BCUT2D eigenvalue weighted by Crippen LogP contribution is 2.39. The van der Waals surface area contributed by atoms with E-state index in [1.165, 1.54) is 0 Å². The molecule has 102 valence electrons. The van der Waals surface area contributed by atoms with Crippen LogP contribution < -0.4 is 0 Å². The fourth-order valence-electron chi connectivity index (χ4n) is 2.25. The van der Waals surface area contributed by atoms with Gasteiger partial charge in [0.1, 0.15) is 12.2 Å². The number of ether oxygens (including phenoxy) is 2. The second-order valence-corrected chi connectivity index (χ2v) is 4.73. The summed E-state index contributed by atoms with van der Waals surface area (Å²) in [4.78, 5) is 11.6. The Morgan fingerprint density at radius 2 is 1.89 bits per heavy atom. The standard InChI is InChI=1S/C12H18O6/c13-7-9(15)8(14)6-10-11(16)18-12(17-10)4-2-1-3-5-12/h6,8-9,13-15H,1-5,7H2/b10-6+/t8-,9+/m0/s1. The molecule has 0 bridgehead atoms.